The summed E-state index contributed by atoms with van der Waals surface area (Å²) in [5, 5.41) is 6.14. The number of carbonyl (C=O) groups is 2. The van der Waals surface area contributed by atoms with Gasteiger partial charge in [0.15, 0.2) is 6.10 Å². The molecule has 1 unspecified atom stereocenters. The average Bonchev–Trinajstić information content (AvgIpc) is 2.94. The van der Waals surface area contributed by atoms with E-state index >= 15 is 0 Å². The monoisotopic (exact) mass is 510 g/mol. The van der Waals surface area contributed by atoms with Gasteiger partial charge in [-0.3, -0.25) is 4.79 Å². The summed E-state index contributed by atoms with van der Waals surface area (Å²) in [5.41, 5.74) is 3.64. The lowest BCUT2D eigenvalue weighted by Gasteiger charge is -2.13. The summed E-state index contributed by atoms with van der Waals surface area (Å²) in [7, 11) is 0. The minimum absolute atomic E-state index is 0.373. The fourth-order valence-electron chi connectivity index (χ4n) is 3.57. The number of ether oxygens (including phenoxy) is 3. The van der Waals surface area contributed by atoms with Crippen molar-refractivity contribution in [2.45, 2.75) is 32.8 Å². The minimum Gasteiger partial charge on any atom is -0.494 e. The molecule has 0 radical (unpaired) electrons. The number of rotatable bonds is 11. The molecule has 0 bridgehead atoms. The molecule has 0 spiro atoms. The van der Waals surface area contributed by atoms with Gasteiger partial charge >= 0.3 is 5.97 Å². The molecule has 194 valence electrons. The van der Waals surface area contributed by atoms with Crippen molar-refractivity contribution in [3.63, 3.8) is 0 Å². The normalized spacial score (nSPS) is 11.7. The number of esters is 1. The summed E-state index contributed by atoms with van der Waals surface area (Å²) in [4.78, 5) is 24.8. The van der Waals surface area contributed by atoms with Crippen LogP contribution in [0.2, 0.25) is 0 Å². The molecule has 1 atom stereocenters. The first-order chi connectivity index (χ1) is 18.5. The van der Waals surface area contributed by atoms with Crippen LogP contribution in [0.5, 0.6) is 17.2 Å². The van der Waals surface area contributed by atoms with Gasteiger partial charge in [-0.05, 0) is 90.3 Å². The van der Waals surface area contributed by atoms with Crippen LogP contribution in [-0.2, 0) is 4.79 Å². The van der Waals surface area contributed by atoms with Crippen LogP contribution in [0, 0.1) is 0 Å². The van der Waals surface area contributed by atoms with Gasteiger partial charge in [0.1, 0.15) is 17.2 Å². The van der Waals surface area contributed by atoms with E-state index in [9.17, 15) is 9.59 Å². The molecule has 4 aromatic carbocycles. The number of carbonyl (C=O) groups excluding carboxylic acids is 2. The van der Waals surface area contributed by atoms with Crippen molar-refractivity contribution in [3.05, 3.63) is 102 Å². The first-order valence-electron chi connectivity index (χ1n) is 12.6. The van der Waals surface area contributed by atoms with E-state index in [0.717, 1.165) is 34.9 Å². The van der Waals surface area contributed by atoms with Crippen LogP contribution in [0.3, 0.4) is 0 Å². The highest BCUT2D eigenvalue weighted by Crippen LogP contribution is 2.21. The maximum absolute atomic E-state index is 12.4. The lowest BCUT2D eigenvalue weighted by molar-refractivity contribution is -0.127. The Hall–Kier alpha value is -4.65. The largest absolute Gasteiger partial charge is 0.494 e. The van der Waals surface area contributed by atoms with Crippen molar-refractivity contribution in [2.75, 3.05) is 6.61 Å². The van der Waals surface area contributed by atoms with Crippen LogP contribution in [0.25, 0.3) is 10.8 Å². The molecule has 1 N–H and O–H groups in total. The standard InChI is InChI=1S/C31H30N2O5/c1-3-4-19-36-27-16-12-25(13-17-27)31(35)38-28-14-9-23(10-15-28)21-32-33-30(34)22(2)37-29-18-11-24-7-5-6-8-26(24)20-29/h5-18,20-22H,3-4,19H2,1-2H3,(H,33,34). The molecule has 4 rings (SSSR count). The zero-order chi connectivity index (χ0) is 26.7. The van der Waals surface area contributed by atoms with Gasteiger partial charge in [-0.25, -0.2) is 10.2 Å². The molecule has 0 aliphatic rings. The number of amides is 1. The predicted octanol–water partition coefficient (Wildman–Crippen LogP) is 6.16. The zero-order valence-corrected chi connectivity index (χ0v) is 21.4. The Bertz CT molecular complexity index is 1400. The Morgan fingerprint density at radius 2 is 1.55 bits per heavy atom. The molecule has 0 saturated heterocycles. The smallest absolute Gasteiger partial charge is 0.343 e. The number of nitrogens with one attached hydrogen (secondary N) is 1. The van der Waals surface area contributed by atoms with Crippen LogP contribution in [0.1, 0.15) is 42.6 Å². The van der Waals surface area contributed by atoms with Crippen LogP contribution < -0.4 is 19.6 Å². The molecule has 0 aromatic heterocycles. The summed E-state index contributed by atoms with van der Waals surface area (Å²) in [6.07, 6.45) is 2.82. The number of hydrogen-bond donors (Lipinski definition) is 1. The summed E-state index contributed by atoms with van der Waals surface area (Å²) < 4.78 is 16.8. The lowest BCUT2D eigenvalue weighted by Crippen LogP contribution is -2.33. The number of unbranched alkanes of at least 4 members (excludes halogenated alkanes) is 1. The maximum atomic E-state index is 12.4. The third kappa shape index (κ3) is 7.43. The van der Waals surface area contributed by atoms with E-state index in [2.05, 4.69) is 17.5 Å². The highest BCUT2D eigenvalue weighted by atomic mass is 16.5. The first kappa shape index (κ1) is 26.4. The van der Waals surface area contributed by atoms with E-state index < -0.39 is 12.1 Å². The van der Waals surface area contributed by atoms with Crippen molar-refractivity contribution in [2.24, 2.45) is 5.10 Å². The molecular formula is C31H30N2O5. The second kappa shape index (κ2) is 13.1. The topological polar surface area (TPSA) is 86.2 Å². The van der Waals surface area contributed by atoms with Gasteiger partial charge in [0.25, 0.3) is 5.91 Å². The van der Waals surface area contributed by atoms with E-state index in [1.54, 1.807) is 55.5 Å². The lowest BCUT2D eigenvalue weighted by atomic mass is 10.1. The number of benzene rings is 4. The highest BCUT2D eigenvalue weighted by Gasteiger charge is 2.14. The highest BCUT2D eigenvalue weighted by molar-refractivity contribution is 5.91. The Labute approximate surface area is 222 Å². The van der Waals surface area contributed by atoms with Crippen molar-refractivity contribution >= 4 is 28.9 Å². The van der Waals surface area contributed by atoms with E-state index in [-0.39, 0.29) is 5.91 Å². The number of fused-ring (bicyclic) bond motifs is 1. The van der Waals surface area contributed by atoms with Crippen LogP contribution in [-0.4, -0.2) is 30.8 Å². The average molecular weight is 511 g/mol. The Morgan fingerprint density at radius 1 is 0.868 bits per heavy atom. The quantitative estimate of drug-likeness (QED) is 0.0859. The van der Waals surface area contributed by atoms with Crippen molar-refractivity contribution < 1.29 is 23.8 Å². The zero-order valence-electron chi connectivity index (χ0n) is 21.4. The first-order valence-corrected chi connectivity index (χ1v) is 12.6. The van der Waals surface area contributed by atoms with Gasteiger partial charge in [0, 0.05) is 0 Å². The molecule has 0 aliphatic carbocycles. The third-order valence-corrected chi connectivity index (χ3v) is 5.74. The van der Waals surface area contributed by atoms with Gasteiger partial charge in [-0.1, -0.05) is 43.7 Å². The molecule has 0 fully saturated rings. The third-order valence-electron chi connectivity index (χ3n) is 5.74. The fourth-order valence-corrected chi connectivity index (χ4v) is 3.57. The van der Waals surface area contributed by atoms with Crippen LogP contribution in [0.4, 0.5) is 0 Å². The van der Waals surface area contributed by atoms with Crippen LogP contribution in [0.15, 0.2) is 96.1 Å². The molecule has 0 saturated carbocycles. The maximum Gasteiger partial charge on any atom is 0.343 e. The fraction of sp³-hybridized carbons (Fsp3) is 0.194. The summed E-state index contributed by atoms with van der Waals surface area (Å²) in [5.74, 6) is 0.898. The van der Waals surface area contributed by atoms with Crippen molar-refractivity contribution in [3.8, 4) is 17.2 Å². The second-order valence-corrected chi connectivity index (χ2v) is 8.69. The number of nitrogens with zero attached hydrogens (tertiary/aromatic N) is 1. The molecule has 7 nitrogen and oxygen atoms in total. The van der Waals surface area contributed by atoms with Gasteiger partial charge in [0.2, 0.25) is 0 Å². The van der Waals surface area contributed by atoms with Crippen molar-refractivity contribution in [1.29, 1.82) is 0 Å². The van der Waals surface area contributed by atoms with E-state index in [1.165, 1.54) is 6.21 Å². The van der Waals surface area contributed by atoms with E-state index in [0.29, 0.717) is 23.7 Å². The van der Waals surface area contributed by atoms with E-state index in [4.69, 9.17) is 14.2 Å². The van der Waals surface area contributed by atoms with Gasteiger partial charge in [0.05, 0.1) is 18.4 Å². The van der Waals surface area contributed by atoms with Crippen LogP contribution >= 0.6 is 0 Å². The molecule has 38 heavy (non-hydrogen) atoms. The minimum atomic E-state index is -0.730. The molecule has 0 aliphatic heterocycles. The summed E-state index contributed by atoms with van der Waals surface area (Å²) in [6.45, 7) is 4.42. The predicted molar refractivity (Wildman–Crippen MR) is 148 cm³/mol. The molecule has 4 aromatic rings. The van der Waals surface area contributed by atoms with Crippen molar-refractivity contribution in [1.82, 2.24) is 5.43 Å². The summed E-state index contributed by atoms with van der Waals surface area (Å²) >= 11 is 0. The van der Waals surface area contributed by atoms with Gasteiger partial charge < -0.3 is 14.2 Å². The summed E-state index contributed by atoms with van der Waals surface area (Å²) in [6, 6.07) is 27.3. The van der Waals surface area contributed by atoms with E-state index in [1.807, 2.05) is 42.5 Å². The number of hydrogen-bond acceptors (Lipinski definition) is 6. The molecule has 0 heterocycles. The molecule has 1 amide bonds. The van der Waals surface area contributed by atoms with Gasteiger partial charge in [-0.15, -0.1) is 0 Å². The molecule has 7 heteroatoms. The molecular weight excluding hydrogens is 480 g/mol. The Kier molecular flexibility index (Phi) is 9.07. The van der Waals surface area contributed by atoms with Gasteiger partial charge in [-0.2, -0.15) is 5.10 Å². The SMILES string of the molecule is CCCCOc1ccc(C(=O)Oc2ccc(C=NNC(=O)C(C)Oc3ccc4ccccc4c3)cc2)cc1. The Balaban J connectivity index is 1.24. The Morgan fingerprint density at radius 3 is 2.29 bits per heavy atom. The number of hydrazone groups is 1. The second-order valence-electron chi connectivity index (χ2n) is 8.69.